The van der Waals surface area contributed by atoms with Crippen LogP contribution in [0.4, 0.5) is 27.8 Å². The molecule has 1 fully saturated rings. The van der Waals surface area contributed by atoms with Gasteiger partial charge in [0.2, 0.25) is 0 Å². The van der Waals surface area contributed by atoms with Gasteiger partial charge in [0, 0.05) is 37.3 Å². The molecule has 2 atom stereocenters. The van der Waals surface area contributed by atoms with Crippen molar-refractivity contribution in [3.05, 3.63) is 65.9 Å². The van der Waals surface area contributed by atoms with Gasteiger partial charge in [-0.2, -0.15) is 13.2 Å². The molecule has 0 aromatic carbocycles. The molecule has 36 heavy (non-hydrogen) atoms. The van der Waals surface area contributed by atoms with E-state index < -0.39 is 48.5 Å². The fourth-order valence-corrected chi connectivity index (χ4v) is 4.23. The van der Waals surface area contributed by atoms with Gasteiger partial charge in [-0.3, -0.25) is 4.79 Å². The third-order valence-corrected chi connectivity index (χ3v) is 5.97. The van der Waals surface area contributed by atoms with Crippen LogP contribution in [0.5, 0.6) is 0 Å². The molecule has 3 aromatic heterocycles. The number of halogens is 5. The molecule has 1 N–H and O–H groups in total. The fraction of sp³-hybridized carbons (Fsp3) is 0.375. The van der Waals surface area contributed by atoms with E-state index in [9.17, 15) is 26.7 Å². The van der Waals surface area contributed by atoms with Gasteiger partial charge in [0.25, 0.3) is 11.8 Å². The van der Waals surface area contributed by atoms with Crippen molar-refractivity contribution in [1.29, 1.82) is 0 Å². The van der Waals surface area contributed by atoms with Gasteiger partial charge in [0.15, 0.2) is 5.82 Å². The van der Waals surface area contributed by atoms with Crippen LogP contribution in [0.15, 0.2) is 48.9 Å². The molecule has 7 nitrogen and oxygen atoms in total. The van der Waals surface area contributed by atoms with Crippen molar-refractivity contribution in [2.45, 2.75) is 38.4 Å². The molecule has 1 aliphatic rings. The summed E-state index contributed by atoms with van der Waals surface area (Å²) in [7, 11) is 0. The summed E-state index contributed by atoms with van der Waals surface area (Å²) in [6.07, 6.45) is -1.29. The zero-order valence-electron chi connectivity index (χ0n) is 19.4. The number of anilines is 1. The first-order valence-corrected chi connectivity index (χ1v) is 11.2. The van der Waals surface area contributed by atoms with Crippen molar-refractivity contribution in [3.8, 4) is 11.4 Å². The minimum atomic E-state index is -4.53. The van der Waals surface area contributed by atoms with Crippen molar-refractivity contribution < 1.29 is 26.7 Å². The summed E-state index contributed by atoms with van der Waals surface area (Å²) < 4.78 is 67.6. The predicted molar refractivity (Wildman–Crippen MR) is 121 cm³/mol. The molecule has 0 bridgehead atoms. The van der Waals surface area contributed by atoms with Gasteiger partial charge in [0.1, 0.15) is 11.5 Å². The lowest BCUT2D eigenvalue weighted by molar-refractivity contribution is -0.137. The molecule has 2 unspecified atom stereocenters. The quantitative estimate of drug-likeness (QED) is 0.498. The molecule has 3 aromatic rings. The lowest BCUT2D eigenvalue weighted by Gasteiger charge is -2.43. The monoisotopic (exact) mass is 506 g/mol. The Labute approximate surface area is 203 Å². The number of piperidine rings is 1. The van der Waals surface area contributed by atoms with Crippen molar-refractivity contribution in [2.75, 3.05) is 18.4 Å². The maximum atomic E-state index is 14.6. The Balaban J connectivity index is 1.63. The summed E-state index contributed by atoms with van der Waals surface area (Å²) in [6.45, 7) is 2.46. The molecule has 1 aliphatic heterocycles. The highest BCUT2D eigenvalue weighted by Crippen LogP contribution is 2.36. The first-order chi connectivity index (χ1) is 16.9. The zero-order chi connectivity index (χ0) is 26.1. The number of hydrogen-bond donors (Lipinski definition) is 1. The number of carbonyl (C=O) groups is 1. The third-order valence-electron chi connectivity index (χ3n) is 5.97. The summed E-state index contributed by atoms with van der Waals surface area (Å²) in [6, 6.07) is 6.23. The average molecular weight is 506 g/mol. The van der Waals surface area contributed by atoms with Crippen molar-refractivity contribution in [1.82, 2.24) is 24.8 Å². The minimum absolute atomic E-state index is 0.00430. The standard InChI is InChI=1S/C24H23F5N6O/c1-14-10-23(25,26)13-35(18(14)12-33-19-7-5-16(11-32-19)24(27,28)29)22(36)20-17(6-4-15(2)34-20)21-30-8-3-9-31-21/h3-9,11,14,18H,10,12-13H2,1-2H3,(H,32,33). The number of nitrogens with zero attached hydrogens (tertiary/aromatic N) is 5. The average Bonchev–Trinajstić information content (AvgIpc) is 2.82. The van der Waals surface area contributed by atoms with E-state index in [1.54, 1.807) is 32.0 Å². The van der Waals surface area contributed by atoms with Crippen LogP contribution in [0.3, 0.4) is 0 Å². The molecule has 4 rings (SSSR count). The van der Waals surface area contributed by atoms with Gasteiger partial charge in [-0.05, 0) is 43.2 Å². The van der Waals surface area contributed by atoms with Crippen LogP contribution in [0, 0.1) is 12.8 Å². The van der Waals surface area contributed by atoms with Gasteiger partial charge in [-0.25, -0.2) is 28.7 Å². The molecule has 1 amide bonds. The molecule has 0 spiro atoms. The molecule has 190 valence electrons. The number of pyridine rings is 2. The normalized spacial score (nSPS) is 19.7. The van der Waals surface area contributed by atoms with Crippen LogP contribution in [0.1, 0.15) is 35.1 Å². The largest absolute Gasteiger partial charge is 0.417 e. The zero-order valence-corrected chi connectivity index (χ0v) is 19.4. The number of carbonyl (C=O) groups excluding carboxylic acids is 1. The first-order valence-electron chi connectivity index (χ1n) is 11.2. The summed E-state index contributed by atoms with van der Waals surface area (Å²) in [5, 5.41) is 2.88. The first kappa shape index (κ1) is 25.4. The Kier molecular flexibility index (Phi) is 6.87. The van der Waals surface area contributed by atoms with Crippen molar-refractivity contribution in [3.63, 3.8) is 0 Å². The topological polar surface area (TPSA) is 83.9 Å². The number of hydrogen-bond acceptors (Lipinski definition) is 6. The van der Waals surface area contributed by atoms with Crippen LogP contribution < -0.4 is 5.32 Å². The van der Waals surface area contributed by atoms with E-state index in [1.807, 2.05) is 0 Å². The van der Waals surface area contributed by atoms with Crippen LogP contribution in [-0.4, -0.2) is 55.8 Å². The second kappa shape index (κ2) is 9.75. The van der Waals surface area contributed by atoms with Gasteiger partial charge < -0.3 is 10.2 Å². The molecule has 1 saturated heterocycles. The van der Waals surface area contributed by atoms with Crippen LogP contribution in [0.2, 0.25) is 0 Å². The molecule has 0 aliphatic carbocycles. The minimum Gasteiger partial charge on any atom is -0.368 e. The van der Waals surface area contributed by atoms with E-state index in [-0.39, 0.29) is 23.9 Å². The Hall–Kier alpha value is -3.70. The van der Waals surface area contributed by atoms with Crippen LogP contribution in [-0.2, 0) is 6.18 Å². The number of likely N-dealkylation sites (tertiary alicyclic amines) is 1. The predicted octanol–water partition coefficient (Wildman–Crippen LogP) is 4.86. The van der Waals surface area contributed by atoms with E-state index in [0.717, 1.165) is 17.0 Å². The number of rotatable bonds is 5. The number of aryl methyl sites for hydroxylation is 1. The molecule has 12 heteroatoms. The van der Waals surface area contributed by atoms with Gasteiger partial charge in [-0.15, -0.1) is 0 Å². The SMILES string of the molecule is Cc1ccc(-c2ncccn2)c(C(=O)N2CC(F)(F)CC(C)C2CNc2ccc(C(F)(F)F)cn2)n1. The second-order valence-electron chi connectivity index (χ2n) is 8.77. The Bertz CT molecular complexity index is 1220. The second-order valence-corrected chi connectivity index (χ2v) is 8.77. The molecule has 4 heterocycles. The fourth-order valence-electron chi connectivity index (χ4n) is 4.23. The van der Waals surface area contributed by atoms with Gasteiger partial charge in [-0.1, -0.05) is 6.92 Å². The maximum Gasteiger partial charge on any atom is 0.417 e. The third kappa shape index (κ3) is 5.58. The Morgan fingerprint density at radius 3 is 2.50 bits per heavy atom. The van der Waals surface area contributed by atoms with E-state index in [0.29, 0.717) is 17.5 Å². The molecular weight excluding hydrogens is 483 g/mol. The number of amides is 1. The summed E-state index contributed by atoms with van der Waals surface area (Å²) in [5.74, 6) is -4.09. The molecule has 0 saturated carbocycles. The van der Waals surface area contributed by atoms with Crippen molar-refractivity contribution in [2.24, 2.45) is 5.92 Å². The smallest absolute Gasteiger partial charge is 0.368 e. The molecule has 0 radical (unpaired) electrons. The van der Waals surface area contributed by atoms with Crippen molar-refractivity contribution >= 4 is 11.7 Å². The maximum absolute atomic E-state index is 14.6. The summed E-state index contributed by atoms with van der Waals surface area (Å²) in [4.78, 5) is 31.1. The van der Waals surface area contributed by atoms with E-state index in [1.165, 1.54) is 12.4 Å². The molecular formula is C24H23F5N6O. The van der Waals surface area contributed by atoms with Crippen LogP contribution in [0.25, 0.3) is 11.4 Å². The number of aromatic nitrogens is 4. The summed E-state index contributed by atoms with van der Waals surface area (Å²) in [5.41, 5.74) is -0.136. The summed E-state index contributed by atoms with van der Waals surface area (Å²) >= 11 is 0. The van der Waals surface area contributed by atoms with E-state index >= 15 is 0 Å². The highest BCUT2D eigenvalue weighted by atomic mass is 19.4. The lowest BCUT2D eigenvalue weighted by atomic mass is 9.88. The number of alkyl halides is 5. The highest BCUT2D eigenvalue weighted by molar-refractivity contribution is 5.98. The Morgan fingerprint density at radius 1 is 1.14 bits per heavy atom. The Morgan fingerprint density at radius 2 is 1.86 bits per heavy atom. The van der Waals surface area contributed by atoms with Gasteiger partial charge >= 0.3 is 6.18 Å². The number of nitrogens with one attached hydrogen (secondary N) is 1. The van der Waals surface area contributed by atoms with E-state index in [4.69, 9.17) is 0 Å². The lowest BCUT2D eigenvalue weighted by Crippen LogP contribution is -2.57. The highest BCUT2D eigenvalue weighted by Gasteiger charge is 2.46. The van der Waals surface area contributed by atoms with Crippen LogP contribution >= 0.6 is 0 Å². The van der Waals surface area contributed by atoms with E-state index in [2.05, 4.69) is 25.3 Å². The van der Waals surface area contributed by atoms with Gasteiger partial charge in [0.05, 0.1) is 23.7 Å².